The molecule has 1 N–H and O–H groups in total. The Kier molecular flexibility index (Phi) is 5.86. The van der Waals surface area contributed by atoms with Gasteiger partial charge in [0.25, 0.3) is 0 Å². The summed E-state index contributed by atoms with van der Waals surface area (Å²) in [7, 11) is 0. The van der Waals surface area contributed by atoms with Gasteiger partial charge in [-0.05, 0) is 30.5 Å². The standard InChI is InChI=1S/C16H19Cl2N3O/c1-11(2)4-3-5-16(22)19-15-8-9-21(20-15)12-6-7-13(17)14(18)10-12/h6-11H,3-5H2,1-2H3,(H,19,20,22). The Morgan fingerprint density at radius 2 is 2.05 bits per heavy atom. The Bertz CT molecular complexity index is 653. The van der Waals surface area contributed by atoms with E-state index in [-0.39, 0.29) is 5.91 Å². The summed E-state index contributed by atoms with van der Waals surface area (Å²) >= 11 is 11.9. The number of benzene rings is 1. The second kappa shape index (κ2) is 7.65. The molecular weight excluding hydrogens is 321 g/mol. The van der Waals surface area contributed by atoms with Crippen LogP contribution >= 0.6 is 23.2 Å². The summed E-state index contributed by atoms with van der Waals surface area (Å²) in [4.78, 5) is 11.8. The van der Waals surface area contributed by atoms with Gasteiger partial charge in [0, 0.05) is 18.7 Å². The topological polar surface area (TPSA) is 46.9 Å². The molecule has 6 heteroatoms. The van der Waals surface area contributed by atoms with Gasteiger partial charge in [-0.25, -0.2) is 4.68 Å². The van der Waals surface area contributed by atoms with E-state index in [4.69, 9.17) is 23.2 Å². The zero-order valence-corrected chi connectivity index (χ0v) is 14.2. The van der Waals surface area contributed by atoms with Crippen LogP contribution in [-0.2, 0) is 4.79 Å². The third-order valence-corrected chi connectivity index (χ3v) is 3.95. The third kappa shape index (κ3) is 4.75. The Labute approximate surface area is 140 Å². The lowest BCUT2D eigenvalue weighted by molar-refractivity contribution is -0.116. The average Bonchev–Trinajstić information content (AvgIpc) is 2.90. The van der Waals surface area contributed by atoms with Crippen molar-refractivity contribution < 1.29 is 4.79 Å². The Balaban J connectivity index is 1.96. The maximum absolute atomic E-state index is 11.8. The lowest BCUT2D eigenvalue weighted by Gasteiger charge is -2.05. The molecular formula is C16H19Cl2N3O. The number of nitrogens with zero attached hydrogens (tertiary/aromatic N) is 2. The van der Waals surface area contributed by atoms with Gasteiger partial charge in [0.05, 0.1) is 15.7 Å². The second-order valence-corrected chi connectivity index (χ2v) is 6.39. The minimum atomic E-state index is -0.0139. The normalized spacial score (nSPS) is 11.0. The number of nitrogens with one attached hydrogen (secondary N) is 1. The molecule has 4 nitrogen and oxygen atoms in total. The van der Waals surface area contributed by atoms with Crippen LogP contribution in [0.15, 0.2) is 30.5 Å². The van der Waals surface area contributed by atoms with Crippen molar-refractivity contribution in [3.05, 3.63) is 40.5 Å². The van der Waals surface area contributed by atoms with Crippen molar-refractivity contribution in [2.75, 3.05) is 5.32 Å². The highest BCUT2D eigenvalue weighted by atomic mass is 35.5. The highest BCUT2D eigenvalue weighted by Crippen LogP contribution is 2.24. The van der Waals surface area contributed by atoms with Crippen LogP contribution < -0.4 is 5.32 Å². The fraction of sp³-hybridized carbons (Fsp3) is 0.375. The number of hydrogen-bond acceptors (Lipinski definition) is 2. The molecule has 0 unspecified atom stereocenters. The van der Waals surface area contributed by atoms with Crippen LogP contribution in [-0.4, -0.2) is 15.7 Å². The van der Waals surface area contributed by atoms with Gasteiger partial charge in [-0.3, -0.25) is 4.79 Å². The molecule has 0 aliphatic rings. The van der Waals surface area contributed by atoms with Gasteiger partial charge in [-0.1, -0.05) is 43.5 Å². The van der Waals surface area contributed by atoms with Crippen molar-refractivity contribution in [1.82, 2.24) is 9.78 Å². The minimum Gasteiger partial charge on any atom is -0.309 e. The van der Waals surface area contributed by atoms with Gasteiger partial charge in [0.1, 0.15) is 0 Å². The highest BCUT2D eigenvalue weighted by molar-refractivity contribution is 6.42. The van der Waals surface area contributed by atoms with Gasteiger partial charge < -0.3 is 5.32 Å². The number of hydrogen-bond donors (Lipinski definition) is 1. The Morgan fingerprint density at radius 3 is 2.73 bits per heavy atom. The van der Waals surface area contributed by atoms with E-state index in [1.807, 2.05) is 6.07 Å². The minimum absolute atomic E-state index is 0.0139. The first-order valence-corrected chi connectivity index (χ1v) is 8.02. The first-order valence-electron chi connectivity index (χ1n) is 7.26. The van der Waals surface area contributed by atoms with E-state index in [1.54, 1.807) is 29.1 Å². The fourth-order valence-electron chi connectivity index (χ4n) is 2.04. The number of aromatic nitrogens is 2. The van der Waals surface area contributed by atoms with E-state index in [0.29, 0.717) is 28.2 Å². The van der Waals surface area contributed by atoms with Crippen LogP contribution in [0.1, 0.15) is 33.1 Å². The fourth-order valence-corrected chi connectivity index (χ4v) is 2.33. The van der Waals surface area contributed by atoms with Gasteiger partial charge in [0.2, 0.25) is 5.91 Å². The van der Waals surface area contributed by atoms with E-state index in [9.17, 15) is 4.79 Å². The summed E-state index contributed by atoms with van der Waals surface area (Å²) in [5, 5.41) is 8.08. The largest absolute Gasteiger partial charge is 0.309 e. The second-order valence-electron chi connectivity index (χ2n) is 5.58. The number of carbonyl (C=O) groups excluding carboxylic acids is 1. The van der Waals surface area contributed by atoms with Crippen LogP contribution in [0.3, 0.4) is 0 Å². The zero-order chi connectivity index (χ0) is 16.1. The molecule has 0 radical (unpaired) electrons. The summed E-state index contributed by atoms with van der Waals surface area (Å²) in [6.07, 6.45) is 4.21. The van der Waals surface area contributed by atoms with Crippen LogP contribution in [0.25, 0.3) is 5.69 Å². The van der Waals surface area contributed by atoms with E-state index in [0.717, 1.165) is 18.5 Å². The number of amides is 1. The maximum Gasteiger partial charge on any atom is 0.225 e. The predicted molar refractivity (Wildman–Crippen MR) is 90.9 cm³/mol. The summed E-state index contributed by atoms with van der Waals surface area (Å²) in [5.74, 6) is 1.13. The first-order chi connectivity index (χ1) is 10.5. The van der Waals surface area contributed by atoms with Crippen molar-refractivity contribution in [2.45, 2.75) is 33.1 Å². The van der Waals surface area contributed by atoms with Gasteiger partial charge in [-0.15, -0.1) is 0 Å². The van der Waals surface area contributed by atoms with E-state index in [2.05, 4.69) is 24.3 Å². The summed E-state index contributed by atoms with van der Waals surface area (Å²) in [5.41, 5.74) is 0.787. The van der Waals surface area contributed by atoms with Crippen LogP contribution in [0.2, 0.25) is 10.0 Å². The van der Waals surface area contributed by atoms with E-state index < -0.39 is 0 Å². The van der Waals surface area contributed by atoms with Crippen LogP contribution in [0.4, 0.5) is 5.82 Å². The Morgan fingerprint density at radius 1 is 1.27 bits per heavy atom. The van der Waals surface area contributed by atoms with Crippen LogP contribution in [0, 0.1) is 5.92 Å². The van der Waals surface area contributed by atoms with Crippen LogP contribution in [0.5, 0.6) is 0 Å². The zero-order valence-electron chi connectivity index (χ0n) is 12.6. The molecule has 0 atom stereocenters. The number of rotatable bonds is 6. The smallest absolute Gasteiger partial charge is 0.225 e. The summed E-state index contributed by atoms with van der Waals surface area (Å²) in [6.45, 7) is 4.30. The van der Waals surface area contributed by atoms with E-state index in [1.165, 1.54) is 0 Å². The van der Waals surface area contributed by atoms with Crippen molar-refractivity contribution in [3.63, 3.8) is 0 Å². The molecule has 2 rings (SSSR count). The molecule has 1 amide bonds. The molecule has 0 aliphatic carbocycles. The molecule has 22 heavy (non-hydrogen) atoms. The van der Waals surface area contributed by atoms with Gasteiger partial charge in [-0.2, -0.15) is 5.10 Å². The van der Waals surface area contributed by atoms with Gasteiger partial charge >= 0.3 is 0 Å². The molecule has 0 saturated heterocycles. The molecule has 2 aromatic rings. The summed E-state index contributed by atoms with van der Waals surface area (Å²) < 4.78 is 1.64. The maximum atomic E-state index is 11.8. The molecule has 0 saturated carbocycles. The lowest BCUT2D eigenvalue weighted by Crippen LogP contribution is -2.12. The SMILES string of the molecule is CC(C)CCCC(=O)Nc1ccn(-c2ccc(Cl)c(Cl)c2)n1. The number of halogens is 2. The molecule has 0 spiro atoms. The van der Waals surface area contributed by atoms with Crippen molar-refractivity contribution in [3.8, 4) is 5.69 Å². The number of anilines is 1. The van der Waals surface area contributed by atoms with Crippen molar-refractivity contribution in [1.29, 1.82) is 0 Å². The molecule has 1 aromatic carbocycles. The monoisotopic (exact) mass is 339 g/mol. The molecule has 0 fully saturated rings. The Hall–Kier alpha value is -1.52. The molecule has 1 heterocycles. The molecule has 0 bridgehead atoms. The average molecular weight is 340 g/mol. The lowest BCUT2D eigenvalue weighted by atomic mass is 10.1. The molecule has 0 aliphatic heterocycles. The quantitative estimate of drug-likeness (QED) is 0.809. The highest BCUT2D eigenvalue weighted by Gasteiger charge is 2.07. The molecule has 118 valence electrons. The van der Waals surface area contributed by atoms with Gasteiger partial charge in [0.15, 0.2) is 5.82 Å². The first kappa shape index (κ1) is 16.8. The number of carbonyl (C=O) groups is 1. The third-order valence-electron chi connectivity index (χ3n) is 3.21. The molecule has 1 aromatic heterocycles. The predicted octanol–water partition coefficient (Wildman–Crippen LogP) is 4.94. The van der Waals surface area contributed by atoms with Crippen molar-refractivity contribution in [2.24, 2.45) is 5.92 Å². The summed E-state index contributed by atoms with van der Waals surface area (Å²) in [6, 6.07) is 7.01. The van der Waals surface area contributed by atoms with E-state index >= 15 is 0 Å². The van der Waals surface area contributed by atoms with Crippen molar-refractivity contribution >= 4 is 34.9 Å².